The number of rotatable bonds is 3. The van der Waals surface area contributed by atoms with Gasteiger partial charge < -0.3 is 14.7 Å². The molecule has 1 aromatic carbocycles. The van der Waals surface area contributed by atoms with Crippen LogP contribution in [0, 0.1) is 6.92 Å². The van der Waals surface area contributed by atoms with E-state index in [4.69, 9.17) is 9.84 Å². The maximum absolute atomic E-state index is 11.9. The number of hydrogen-bond acceptors (Lipinski definition) is 3. The van der Waals surface area contributed by atoms with Crippen LogP contribution in [-0.4, -0.2) is 41.8 Å². The standard InChI is InChI=1S/C16H21NO4/c1-3-21-15(18)14-9-12(7-6-11(14)2)13-5-4-8-17(10-13)16(19)20/h6-7,9,13H,3-5,8,10H2,1-2H3,(H,19,20). The maximum Gasteiger partial charge on any atom is 0.407 e. The highest BCUT2D eigenvalue weighted by Gasteiger charge is 2.25. The van der Waals surface area contributed by atoms with E-state index in [1.54, 1.807) is 6.92 Å². The molecule has 1 atom stereocenters. The average molecular weight is 291 g/mol. The molecule has 1 saturated heterocycles. The quantitative estimate of drug-likeness (QED) is 0.869. The molecule has 0 bridgehead atoms. The molecule has 5 heteroatoms. The first-order valence-electron chi connectivity index (χ1n) is 7.28. The highest BCUT2D eigenvalue weighted by atomic mass is 16.5. The topological polar surface area (TPSA) is 66.8 Å². The van der Waals surface area contributed by atoms with Crippen LogP contribution < -0.4 is 0 Å². The number of likely N-dealkylation sites (tertiary alicyclic amines) is 1. The van der Waals surface area contributed by atoms with E-state index in [2.05, 4.69) is 0 Å². The fourth-order valence-electron chi connectivity index (χ4n) is 2.75. The van der Waals surface area contributed by atoms with Crippen LogP contribution in [0.1, 0.15) is 47.2 Å². The van der Waals surface area contributed by atoms with E-state index in [0.717, 1.165) is 24.0 Å². The molecule has 1 fully saturated rings. The normalized spacial score (nSPS) is 18.4. The molecule has 2 rings (SSSR count). The summed E-state index contributed by atoms with van der Waals surface area (Å²) < 4.78 is 5.07. The number of nitrogens with zero attached hydrogens (tertiary/aromatic N) is 1. The zero-order valence-electron chi connectivity index (χ0n) is 12.5. The van der Waals surface area contributed by atoms with Crippen molar-refractivity contribution in [3.63, 3.8) is 0 Å². The molecule has 1 amide bonds. The summed E-state index contributed by atoms with van der Waals surface area (Å²) in [6.45, 7) is 5.07. The largest absolute Gasteiger partial charge is 0.465 e. The van der Waals surface area contributed by atoms with Crippen LogP contribution in [-0.2, 0) is 4.74 Å². The Hall–Kier alpha value is -2.04. The maximum atomic E-state index is 11.9. The molecule has 1 unspecified atom stereocenters. The van der Waals surface area contributed by atoms with Crippen molar-refractivity contribution < 1.29 is 19.4 Å². The van der Waals surface area contributed by atoms with Gasteiger partial charge in [0.2, 0.25) is 0 Å². The Morgan fingerprint density at radius 2 is 2.19 bits per heavy atom. The van der Waals surface area contributed by atoms with Crippen LogP contribution in [0.25, 0.3) is 0 Å². The second kappa shape index (κ2) is 6.61. The van der Waals surface area contributed by atoms with Crippen molar-refractivity contribution in [1.29, 1.82) is 0 Å². The lowest BCUT2D eigenvalue weighted by Gasteiger charge is -2.31. The van der Waals surface area contributed by atoms with Gasteiger partial charge in [-0.3, -0.25) is 0 Å². The van der Waals surface area contributed by atoms with E-state index < -0.39 is 6.09 Å². The molecule has 0 saturated carbocycles. The summed E-state index contributed by atoms with van der Waals surface area (Å²) >= 11 is 0. The van der Waals surface area contributed by atoms with E-state index >= 15 is 0 Å². The minimum Gasteiger partial charge on any atom is -0.465 e. The lowest BCUT2D eigenvalue weighted by Crippen LogP contribution is -2.38. The molecule has 0 aromatic heterocycles. The minimum absolute atomic E-state index is 0.142. The van der Waals surface area contributed by atoms with E-state index in [1.165, 1.54) is 4.90 Å². The number of carbonyl (C=O) groups is 2. The Kier molecular flexibility index (Phi) is 4.83. The second-order valence-electron chi connectivity index (χ2n) is 5.36. The van der Waals surface area contributed by atoms with E-state index in [-0.39, 0.29) is 11.9 Å². The summed E-state index contributed by atoms with van der Waals surface area (Å²) in [5.74, 6) is -0.175. The van der Waals surface area contributed by atoms with E-state index in [1.807, 2.05) is 25.1 Å². The molecule has 0 radical (unpaired) electrons. The van der Waals surface area contributed by atoms with Crippen molar-refractivity contribution in [3.8, 4) is 0 Å². The van der Waals surface area contributed by atoms with Crippen LogP contribution in [0.15, 0.2) is 18.2 Å². The third kappa shape index (κ3) is 3.54. The molecule has 1 aliphatic heterocycles. The zero-order valence-corrected chi connectivity index (χ0v) is 12.5. The van der Waals surface area contributed by atoms with Gasteiger partial charge in [0.25, 0.3) is 0 Å². The monoisotopic (exact) mass is 291 g/mol. The first-order chi connectivity index (χ1) is 10.0. The molecule has 1 heterocycles. The summed E-state index contributed by atoms with van der Waals surface area (Å²) in [5, 5.41) is 9.11. The lowest BCUT2D eigenvalue weighted by atomic mass is 9.89. The minimum atomic E-state index is -0.877. The van der Waals surface area contributed by atoms with Crippen LogP contribution >= 0.6 is 0 Å². The van der Waals surface area contributed by atoms with Crippen LogP contribution in [0.4, 0.5) is 4.79 Å². The smallest absolute Gasteiger partial charge is 0.407 e. The third-order valence-electron chi connectivity index (χ3n) is 3.92. The van der Waals surface area contributed by atoms with Crippen molar-refractivity contribution in [2.45, 2.75) is 32.6 Å². The number of esters is 1. The lowest BCUT2D eigenvalue weighted by molar-refractivity contribution is 0.0525. The Labute approximate surface area is 124 Å². The average Bonchev–Trinajstić information content (AvgIpc) is 2.48. The Bertz CT molecular complexity index is 541. The predicted molar refractivity (Wildman–Crippen MR) is 78.7 cm³/mol. The predicted octanol–water partition coefficient (Wildman–Crippen LogP) is 3.03. The zero-order chi connectivity index (χ0) is 15.4. The van der Waals surface area contributed by atoms with Gasteiger partial charge in [-0.1, -0.05) is 12.1 Å². The Morgan fingerprint density at radius 3 is 2.86 bits per heavy atom. The molecule has 1 N–H and O–H groups in total. The van der Waals surface area contributed by atoms with Gasteiger partial charge in [0.05, 0.1) is 12.2 Å². The van der Waals surface area contributed by atoms with Crippen molar-refractivity contribution >= 4 is 12.1 Å². The highest BCUT2D eigenvalue weighted by Crippen LogP contribution is 2.28. The first-order valence-corrected chi connectivity index (χ1v) is 7.28. The number of aryl methyl sites for hydroxylation is 1. The van der Waals surface area contributed by atoms with Crippen molar-refractivity contribution in [2.24, 2.45) is 0 Å². The SMILES string of the molecule is CCOC(=O)c1cc(C2CCCN(C(=O)O)C2)ccc1C. The third-order valence-corrected chi connectivity index (χ3v) is 3.92. The molecule has 5 nitrogen and oxygen atoms in total. The number of amides is 1. The molecular weight excluding hydrogens is 270 g/mol. The number of hydrogen-bond donors (Lipinski definition) is 1. The molecule has 0 spiro atoms. The van der Waals surface area contributed by atoms with Gasteiger partial charge >= 0.3 is 12.1 Å². The number of carboxylic acid groups (broad SMARTS) is 1. The number of piperidine rings is 1. The molecule has 0 aliphatic carbocycles. The highest BCUT2D eigenvalue weighted by molar-refractivity contribution is 5.91. The van der Waals surface area contributed by atoms with Crippen LogP contribution in [0.2, 0.25) is 0 Å². The number of ether oxygens (including phenoxy) is 1. The van der Waals surface area contributed by atoms with Crippen molar-refractivity contribution in [1.82, 2.24) is 4.90 Å². The Morgan fingerprint density at radius 1 is 1.43 bits per heavy atom. The fourth-order valence-corrected chi connectivity index (χ4v) is 2.75. The summed E-state index contributed by atoms with van der Waals surface area (Å²) in [4.78, 5) is 24.5. The first kappa shape index (κ1) is 15.4. The summed E-state index contributed by atoms with van der Waals surface area (Å²) in [6, 6.07) is 5.73. The summed E-state index contributed by atoms with van der Waals surface area (Å²) in [6.07, 6.45) is 0.909. The molecule has 114 valence electrons. The van der Waals surface area contributed by atoms with E-state index in [0.29, 0.717) is 25.3 Å². The van der Waals surface area contributed by atoms with Crippen molar-refractivity contribution in [2.75, 3.05) is 19.7 Å². The molecular formula is C16H21NO4. The van der Waals surface area contributed by atoms with E-state index in [9.17, 15) is 9.59 Å². The van der Waals surface area contributed by atoms with Gasteiger partial charge in [0, 0.05) is 19.0 Å². The van der Waals surface area contributed by atoms with Gasteiger partial charge in [-0.25, -0.2) is 9.59 Å². The molecule has 21 heavy (non-hydrogen) atoms. The molecule has 1 aliphatic rings. The number of benzene rings is 1. The summed E-state index contributed by atoms with van der Waals surface area (Å²) in [7, 11) is 0. The van der Waals surface area contributed by atoms with Crippen LogP contribution in [0.3, 0.4) is 0 Å². The van der Waals surface area contributed by atoms with Gasteiger partial charge in [-0.05, 0) is 43.9 Å². The Balaban J connectivity index is 2.22. The van der Waals surface area contributed by atoms with Gasteiger partial charge in [-0.15, -0.1) is 0 Å². The van der Waals surface area contributed by atoms with Gasteiger partial charge in [0.1, 0.15) is 0 Å². The van der Waals surface area contributed by atoms with Crippen LogP contribution in [0.5, 0.6) is 0 Å². The van der Waals surface area contributed by atoms with Gasteiger partial charge in [0.15, 0.2) is 0 Å². The summed E-state index contributed by atoms with van der Waals surface area (Å²) in [5.41, 5.74) is 2.46. The number of carbonyl (C=O) groups excluding carboxylic acids is 1. The second-order valence-corrected chi connectivity index (χ2v) is 5.36. The fraction of sp³-hybridized carbons (Fsp3) is 0.500. The van der Waals surface area contributed by atoms with Crippen molar-refractivity contribution in [3.05, 3.63) is 34.9 Å². The molecule has 1 aromatic rings. The van der Waals surface area contributed by atoms with Gasteiger partial charge in [-0.2, -0.15) is 0 Å².